The van der Waals surface area contributed by atoms with Crippen LogP contribution < -0.4 is 10.6 Å². The predicted molar refractivity (Wildman–Crippen MR) is 131 cm³/mol. The van der Waals surface area contributed by atoms with Crippen LogP contribution in [0, 0.1) is 6.92 Å². The molecule has 0 aliphatic rings. The SMILES string of the molecule is CCOC(=O)c1sc(C(C)NC(=NC)NCc2ccnc(-n3ccnc3)c2)nc1C.I. The van der Waals surface area contributed by atoms with Gasteiger partial charge in [-0.3, -0.25) is 9.56 Å². The summed E-state index contributed by atoms with van der Waals surface area (Å²) < 4.78 is 6.94. The van der Waals surface area contributed by atoms with Crippen LogP contribution in [0.15, 0.2) is 42.0 Å². The van der Waals surface area contributed by atoms with Crippen LogP contribution in [0.4, 0.5) is 0 Å². The molecule has 166 valence electrons. The quantitative estimate of drug-likeness (QED) is 0.200. The number of aliphatic imine (C=N–C) groups is 1. The fraction of sp³-hybridized carbons (Fsp3) is 0.350. The molecule has 31 heavy (non-hydrogen) atoms. The van der Waals surface area contributed by atoms with E-state index in [1.54, 1.807) is 32.7 Å². The molecule has 0 radical (unpaired) electrons. The van der Waals surface area contributed by atoms with Gasteiger partial charge in [-0.2, -0.15) is 0 Å². The number of pyridine rings is 1. The Morgan fingerprint density at radius 3 is 2.87 bits per heavy atom. The first-order chi connectivity index (χ1) is 14.5. The summed E-state index contributed by atoms with van der Waals surface area (Å²) in [5.41, 5.74) is 1.73. The van der Waals surface area contributed by atoms with Gasteiger partial charge >= 0.3 is 5.97 Å². The van der Waals surface area contributed by atoms with Crippen LogP contribution in [-0.2, 0) is 11.3 Å². The van der Waals surface area contributed by atoms with Gasteiger partial charge in [-0.25, -0.2) is 19.7 Å². The summed E-state index contributed by atoms with van der Waals surface area (Å²) in [5.74, 6) is 1.10. The third-order valence-electron chi connectivity index (χ3n) is 4.26. The smallest absolute Gasteiger partial charge is 0.350 e. The standard InChI is InChI=1S/C20H25N7O2S.HI/c1-5-29-19(28)17-13(2)25-18(30-17)14(3)26-20(21-4)24-11-15-6-7-23-16(10-15)27-9-8-22-12-27;/h6-10,12,14H,5,11H2,1-4H3,(H2,21,24,26);1H. The number of rotatable bonds is 7. The molecule has 3 heterocycles. The molecular weight excluding hydrogens is 529 g/mol. The Hall–Kier alpha value is -2.54. The zero-order valence-electron chi connectivity index (χ0n) is 17.8. The Balaban J connectivity index is 0.00000341. The molecule has 0 aliphatic carbocycles. The first-order valence-electron chi connectivity index (χ1n) is 9.56. The molecule has 0 bridgehead atoms. The molecule has 1 atom stereocenters. The van der Waals surface area contributed by atoms with Crippen molar-refractivity contribution in [2.24, 2.45) is 4.99 Å². The van der Waals surface area contributed by atoms with Crippen molar-refractivity contribution in [3.05, 3.63) is 58.2 Å². The Labute approximate surface area is 202 Å². The van der Waals surface area contributed by atoms with E-state index < -0.39 is 0 Å². The molecule has 3 aromatic rings. The van der Waals surface area contributed by atoms with Crippen molar-refractivity contribution in [2.75, 3.05) is 13.7 Å². The normalized spacial score (nSPS) is 12.1. The first kappa shape index (κ1) is 24.7. The summed E-state index contributed by atoms with van der Waals surface area (Å²) in [4.78, 5) is 29.8. The largest absolute Gasteiger partial charge is 0.462 e. The monoisotopic (exact) mass is 555 g/mol. The van der Waals surface area contributed by atoms with Crippen LogP contribution in [0.1, 0.15) is 45.8 Å². The molecule has 0 saturated heterocycles. The van der Waals surface area contributed by atoms with Crippen LogP contribution in [0.25, 0.3) is 5.82 Å². The van der Waals surface area contributed by atoms with Gasteiger partial charge in [0.25, 0.3) is 0 Å². The fourth-order valence-corrected chi connectivity index (χ4v) is 3.71. The number of guanidine groups is 1. The van der Waals surface area contributed by atoms with Gasteiger partial charge in [0.15, 0.2) is 5.96 Å². The zero-order valence-corrected chi connectivity index (χ0v) is 21.0. The molecule has 1 unspecified atom stereocenters. The molecule has 0 saturated carbocycles. The van der Waals surface area contributed by atoms with Crippen LogP contribution in [0.3, 0.4) is 0 Å². The van der Waals surface area contributed by atoms with Crippen molar-refractivity contribution >= 4 is 47.2 Å². The lowest BCUT2D eigenvalue weighted by Gasteiger charge is -2.16. The van der Waals surface area contributed by atoms with Crippen molar-refractivity contribution in [3.8, 4) is 5.82 Å². The molecule has 11 heteroatoms. The van der Waals surface area contributed by atoms with E-state index in [0.717, 1.165) is 16.4 Å². The van der Waals surface area contributed by atoms with E-state index in [-0.39, 0.29) is 36.0 Å². The molecule has 0 amide bonds. The number of ether oxygens (including phenoxy) is 1. The molecule has 0 fully saturated rings. The number of thiazole rings is 1. The topological polar surface area (TPSA) is 106 Å². The van der Waals surface area contributed by atoms with Gasteiger partial charge < -0.3 is 15.4 Å². The predicted octanol–water partition coefficient (Wildman–Crippen LogP) is 3.25. The van der Waals surface area contributed by atoms with E-state index in [9.17, 15) is 4.79 Å². The third-order valence-corrected chi connectivity index (χ3v) is 5.58. The zero-order chi connectivity index (χ0) is 21.5. The van der Waals surface area contributed by atoms with Crippen LogP contribution >= 0.6 is 35.3 Å². The second-order valence-corrected chi connectivity index (χ2v) is 7.50. The van der Waals surface area contributed by atoms with Crippen LogP contribution in [-0.4, -0.2) is 45.1 Å². The molecular formula is C20H26IN7O2S. The Bertz CT molecular complexity index is 1020. The Morgan fingerprint density at radius 1 is 1.39 bits per heavy atom. The number of esters is 1. The van der Waals surface area contributed by atoms with Gasteiger partial charge in [0.1, 0.15) is 22.0 Å². The number of aromatic nitrogens is 4. The third kappa shape index (κ3) is 6.47. The Morgan fingerprint density at radius 2 is 2.19 bits per heavy atom. The number of carbonyl (C=O) groups is 1. The highest BCUT2D eigenvalue weighted by atomic mass is 127. The van der Waals surface area contributed by atoms with Crippen LogP contribution in [0.5, 0.6) is 0 Å². The molecule has 0 aliphatic heterocycles. The average molecular weight is 555 g/mol. The highest BCUT2D eigenvalue weighted by Gasteiger charge is 2.20. The summed E-state index contributed by atoms with van der Waals surface area (Å²) >= 11 is 1.34. The lowest BCUT2D eigenvalue weighted by atomic mass is 10.2. The van der Waals surface area contributed by atoms with E-state index in [0.29, 0.717) is 29.7 Å². The minimum absolute atomic E-state index is 0. The number of imidazole rings is 1. The van der Waals surface area contributed by atoms with Crippen LogP contribution in [0.2, 0.25) is 0 Å². The second-order valence-electron chi connectivity index (χ2n) is 6.47. The van der Waals surface area contributed by atoms with Crippen molar-refractivity contribution < 1.29 is 9.53 Å². The number of carbonyl (C=O) groups excluding carboxylic acids is 1. The molecule has 0 aromatic carbocycles. The summed E-state index contributed by atoms with van der Waals surface area (Å²) in [6.45, 7) is 6.49. The second kappa shape index (κ2) is 11.7. The summed E-state index contributed by atoms with van der Waals surface area (Å²) in [5, 5.41) is 7.40. The van der Waals surface area contributed by atoms with Gasteiger partial charge in [-0.15, -0.1) is 35.3 Å². The van der Waals surface area contributed by atoms with Gasteiger partial charge in [0.05, 0.1) is 18.3 Å². The van der Waals surface area contributed by atoms with E-state index in [1.807, 2.05) is 36.7 Å². The minimum Gasteiger partial charge on any atom is -0.462 e. The van der Waals surface area contributed by atoms with Crippen molar-refractivity contribution in [3.63, 3.8) is 0 Å². The van der Waals surface area contributed by atoms with Crippen molar-refractivity contribution in [1.29, 1.82) is 0 Å². The van der Waals surface area contributed by atoms with Gasteiger partial charge in [0, 0.05) is 32.2 Å². The number of nitrogens with zero attached hydrogens (tertiary/aromatic N) is 5. The summed E-state index contributed by atoms with van der Waals surface area (Å²) in [6.07, 6.45) is 7.04. The number of aryl methyl sites for hydroxylation is 1. The maximum atomic E-state index is 12.0. The molecule has 3 rings (SSSR count). The highest BCUT2D eigenvalue weighted by Crippen LogP contribution is 2.24. The molecule has 9 nitrogen and oxygen atoms in total. The number of hydrogen-bond acceptors (Lipinski definition) is 7. The summed E-state index contributed by atoms with van der Waals surface area (Å²) in [6, 6.07) is 3.81. The summed E-state index contributed by atoms with van der Waals surface area (Å²) in [7, 11) is 1.71. The van der Waals surface area contributed by atoms with Crippen molar-refractivity contribution in [2.45, 2.75) is 33.4 Å². The minimum atomic E-state index is -0.333. The lowest BCUT2D eigenvalue weighted by molar-refractivity contribution is 0.0531. The van der Waals surface area contributed by atoms with E-state index >= 15 is 0 Å². The molecule has 3 aromatic heterocycles. The maximum absolute atomic E-state index is 12.0. The number of nitrogens with one attached hydrogen (secondary N) is 2. The molecule has 0 spiro atoms. The number of halogens is 1. The highest BCUT2D eigenvalue weighted by molar-refractivity contribution is 14.0. The maximum Gasteiger partial charge on any atom is 0.350 e. The van der Waals surface area contributed by atoms with E-state index in [2.05, 4.69) is 30.6 Å². The van der Waals surface area contributed by atoms with E-state index in [4.69, 9.17) is 4.74 Å². The van der Waals surface area contributed by atoms with Crippen molar-refractivity contribution in [1.82, 2.24) is 30.2 Å². The van der Waals surface area contributed by atoms with Gasteiger partial charge in [0.2, 0.25) is 0 Å². The number of hydrogen-bond donors (Lipinski definition) is 2. The van der Waals surface area contributed by atoms with Gasteiger partial charge in [-0.05, 0) is 38.5 Å². The lowest BCUT2D eigenvalue weighted by Crippen LogP contribution is -2.38. The Kier molecular flexibility index (Phi) is 9.37. The first-order valence-corrected chi connectivity index (χ1v) is 10.4. The average Bonchev–Trinajstić information content (AvgIpc) is 3.41. The van der Waals surface area contributed by atoms with Gasteiger partial charge in [-0.1, -0.05) is 0 Å². The molecule has 2 N–H and O–H groups in total. The fourth-order valence-electron chi connectivity index (χ4n) is 2.74. The van der Waals surface area contributed by atoms with E-state index in [1.165, 1.54) is 11.3 Å².